The first-order valence-corrected chi connectivity index (χ1v) is 7.17. The van der Waals surface area contributed by atoms with Crippen molar-refractivity contribution in [2.75, 3.05) is 0 Å². The van der Waals surface area contributed by atoms with Crippen LogP contribution in [-0.4, -0.2) is 16.2 Å². The van der Waals surface area contributed by atoms with Crippen LogP contribution in [0.25, 0.3) is 11.1 Å². The van der Waals surface area contributed by atoms with Crippen LogP contribution in [0.15, 0.2) is 48.5 Å². The van der Waals surface area contributed by atoms with Crippen molar-refractivity contribution in [3.05, 3.63) is 48.5 Å². The van der Waals surface area contributed by atoms with E-state index in [0.29, 0.717) is 11.1 Å². The second-order valence-corrected chi connectivity index (χ2v) is 6.37. The van der Waals surface area contributed by atoms with Gasteiger partial charge < -0.3 is 14.7 Å². The number of benzene rings is 2. The molecule has 1 unspecified atom stereocenters. The molecule has 3 rings (SSSR count). The van der Waals surface area contributed by atoms with E-state index in [1.807, 2.05) is 18.2 Å². The maximum Gasteiger partial charge on any atom is 0.332 e. The molecule has 1 atom stereocenters. The first-order chi connectivity index (χ1) is 8.63. The van der Waals surface area contributed by atoms with E-state index in [2.05, 4.69) is 0 Å². The Hall–Kier alpha value is -1.61. The quantitative estimate of drug-likeness (QED) is 0.626. The lowest BCUT2D eigenvalue weighted by molar-refractivity contribution is 0.0232. The predicted molar refractivity (Wildman–Crippen MR) is 81.4 cm³/mol. The van der Waals surface area contributed by atoms with Crippen LogP contribution in [0.4, 0.5) is 0 Å². The summed E-state index contributed by atoms with van der Waals surface area (Å²) in [5.74, 6) is 0.410. The van der Waals surface area contributed by atoms with Gasteiger partial charge >= 0.3 is 7.37 Å². The second-order valence-electron chi connectivity index (χ2n) is 4.05. The lowest BCUT2D eigenvalue weighted by atomic mass is 10.0. The fraction of sp³-hybridized carbons (Fsp3) is 0.200. The fourth-order valence-electron chi connectivity index (χ4n) is 2.11. The van der Waals surface area contributed by atoms with E-state index in [-0.39, 0.29) is 14.9 Å². The molecule has 0 aliphatic carbocycles. The number of hydrogen-bond donors (Lipinski definition) is 2. The highest BCUT2D eigenvalue weighted by Crippen LogP contribution is 2.56. The number of para-hydroxylation sites is 1. The summed E-state index contributed by atoms with van der Waals surface area (Å²) in [7, 11) is -3.70. The van der Waals surface area contributed by atoms with Gasteiger partial charge in [0.15, 0.2) is 0 Å². The Morgan fingerprint density at radius 3 is 2.10 bits per heavy atom. The zero-order valence-electron chi connectivity index (χ0n) is 9.35. The molecular formula is C15H19O4P. The third-order valence-electron chi connectivity index (χ3n) is 2.96. The van der Waals surface area contributed by atoms with Crippen molar-refractivity contribution >= 4 is 12.7 Å². The van der Waals surface area contributed by atoms with Crippen LogP contribution in [0.3, 0.4) is 0 Å². The monoisotopic (exact) mass is 294 g/mol. The lowest BCUT2D eigenvalue weighted by Gasteiger charge is -2.29. The van der Waals surface area contributed by atoms with E-state index in [1.54, 1.807) is 30.3 Å². The van der Waals surface area contributed by atoms with Crippen LogP contribution in [0, 0.1) is 0 Å². The van der Waals surface area contributed by atoms with Crippen molar-refractivity contribution in [1.82, 2.24) is 0 Å². The summed E-state index contributed by atoms with van der Waals surface area (Å²) in [5.41, 5.74) is 1.52. The number of rotatable bonds is 1. The van der Waals surface area contributed by atoms with Gasteiger partial charge in [-0.3, -0.25) is 4.57 Å². The molecule has 2 N–H and O–H groups in total. The molecule has 4 nitrogen and oxygen atoms in total. The topological polar surface area (TPSA) is 66.8 Å². The third-order valence-corrected chi connectivity index (χ3v) is 5.09. The molecule has 2 aromatic rings. The minimum Gasteiger partial charge on any atom is -0.436 e. The number of aliphatic hydroxyl groups is 2. The highest BCUT2D eigenvalue weighted by atomic mass is 31.2. The molecule has 1 aliphatic rings. The SMILES string of the molecule is C.C.O=P1(C(O)O)Oc2ccccc2-c2ccccc21. The molecular weight excluding hydrogens is 275 g/mol. The molecule has 0 fully saturated rings. The zero-order valence-corrected chi connectivity index (χ0v) is 10.2. The summed E-state index contributed by atoms with van der Waals surface area (Å²) in [5, 5.41) is 19.1. The molecule has 0 amide bonds. The van der Waals surface area contributed by atoms with Crippen LogP contribution in [0.2, 0.25) is 0 Å². The highest BCUT2D eigenvalue weighted by Gasteiger charge is 2.41. The number of aliphatic hydroxyl groups excluding tert-OH is 1. The third kappa shape index (κ3) is 2.27. The van der Waals surface area contributed by atoms with Gasteiger partial charge in [-0.1, -0.05) is 51.3 Å². The number of hydrogen-bond acceptors (Lipinski definition) is 4. The molecule has 108 valence electrons. The normalized spacial score (nSPS) is 18.9. The summed E-state index contributed by atoms with van der Waals surface area (Å²) in [6.07, 6.45) is 0. The lowest BCUT2D eigenvalue weighted by Crippen LogP contribution is -2.25. The predicted octanol–water partition coefficient (Wildman–Crippen LogP) is 3.19. The van der Waals surface area contributed by atoms with Crippen LogP contribution in [-0.2, 0) is 4.57 Å². The second kappa shape index (κ2) is 5.80. The van der Waals surface area contributed by atoms with Gasteiger partial charge in [-0.25, -0.2) is 0 Å². The average Bonchev–Trinajstić information content (AvgIpc) is 2.39. The highest BCUT2D eigenvalue weighted by molar-refractivity contribution is 7.68. The van der Waals surface area contributed by atoms with Crippen LogP contribution >= 0.6 is 7.37 Å². The minimum atomic E-state index is -3.70. The van der Waals surface area contributed by atoms with E-state index in [9.17, 15) is 14.8 Å². The Balaban J connectivity index is 0.000001000. The smallest absolute Gasteiger partial charge is 0.332 e. The summed E-state index contributed by atoms with van der Waals surface area (Å²) in [6, 6.07) is 12.0. The van der Waals surface area contributed by atoms with Gasteiger partial charge in [0.1, 0.15) is 5.75 Å². The van der Waals surface area contributed by atoms with Gasteiger partial charge in [-0.05, 0) is 17.7 Å². The van der Waals surface area contributed by atoms with Gasteiger partial charge in [-0.15, -0.1) is 0 Å². The Kier molecular flexibility index (Phi) is 4.77. The fourth-order valence-corrected chi connectivity index (χ4v) is 3.83. The largest absolute Gasteiger partial charge is 0.436 e. The van der Waals surface area contributed by atoms with E-state index in [0.717, 1.165) is 11.1 Å². The van der Waals surface area contributed by atoms with Crippen molar-refractivity contribution in [2.45, 2.75) is 20.9 Å². The molecule has 2 aromatic carbocycles. The van der Waals surface area contributed by atoms with E-state index in [4.69, 9.17) is 4.52 Å². The Bertz CT molecular complexity index is 652. The standard InChI is InChI=1S/C13H11O4P.2CH4/c14-13(15)18(16)12-8-4-2-6-10(12)9-5-1-3-7-11(9)17-18;;/h1-8,13-15H;2*1H4. The van der Waals surface area contributed by atoms with Crippen LogP contribution in [0.1, 0.15) is 14.9 Å². The Labute approximate surface area is 119 Å². The molecule has 5 heteroatoms. The van der Waals surface area contributed by atoms with Gasteiger partial charge in [0.05, 0.1) is 5.30 Å². The van der Waals surface area contributed by atoms with Crippen molar-refractivity contribution in [1.29, 1.82) is 0 Å². The van der Waals surface area contributed by atoms with E-state index >= 15 is 0 Å². The first-order valence-electron chi connectivity index (χ1n) is 5.47. The molecule has 0 bridgehead atoms. The molecule has 0 spiro atoms. The summed E-state index contributed by atoms with van der Waals surface area (Å²) < 4.78 is 18.0. The molecule has 1 heterocycles. The Morgan fingerprint density at radius 1 is 0.900 bits per heavy atom. The van der Waals surface area contributed by atoms with Gasteiger partial charge in [-0.2, -0.15) is 0 Å². The zero-order chi connectivity index (χ0) is 12.8. The Morgan fingerprint density at radius 2 is 1.45 bits per heavy atom. The van der Waals surface area contributed by atoms with Gasteiger partial charge in [0.2, 0.25) is 6.03 Å². The van der Waals surface area contributed by atoms with Crippen molar-refractivity contribution in [2.24, 2.45) is 0 Å². The molecule has 20 heavy (non-hydrogen) atoms. The molecule has 0 radical (unpaired) electrons. The summed E-state index contributed by atoms with van der Waals surface area (Å²) in [4.78, 5) is 0. The van der Waals surface area contributed by atoms with Crippen LogP contribution in [0.5, 0.6) is 5.75 Å². The van der Waals surface area contributed by atoms with Crippen molar-refractivity contribution in [3.63, 3.8) is 0 Å². The van der Waals surface area contributed by atoms with Gasteiger partial charge in [0, 0.05) is 5.56 Å². The summed E-state index contributed by atoms with van der Waals surface area (Å²) >= 11 is 0. The summed E-state index contributed by atoms with van der Waals surface area (Å²) in [6.45, 7) is 0. The maximum absolute atomic E-state index is 12.6. The maximum atomic E-state index is 12.6. The minimum absolute atomic E-state index is 0. The van der Waals surface area contributed by atoms with Crippen LogP contribution < -0.4 is 9.83 Å². The van der Waals surface area contributed by atoms with Crippen molar-refractivity contribution < 1.29 is 19.3 Å². The van der Waals surface area contributed by atoms with Crippen molar-refractivity contribution in [3.8, 4) is 16.9 Å². The molecule has 0 saturated carbocycles. The number of fused-ring (bicyclic) bond motifs is 3. The average molecular weight is 294 g/mol. The molecule has 0 saturated heterocycles. The van der Waals surface area contributed by atoms with E-state index in [1.165, 1.54) is 0 Å². The first kappa shape index (κ1) is 16.4. The molecule has 1 aliphatic heterocycles. The van der Waals surface area contributed by atoms with Gasteiger partial charge in [0.25, 0.3) is 0 Å². The molecule has 0 aromatic heterocycles. The van der Waals surface area contributed by atoms with E-state index < -0.39 is 13.4 Å².